The number of hydrogen-bond donors (Lipinski definition) is 1. The highest BCUT2D eigenvalue weighted by Gasteiger charge is 2.22. The number of aromatic nitrogens is 4. The molecular weight excluding hydrogens is 422 g/mol. The molecule has 5 aromatic rings. The molecule has 6 nitrogen and oxygen atoms in total. The summed E-state index contributed by atoms with van der Waals surface area (Å²) in [6.07, 6.45) is 2.73. The SMILES string of the molecule is CCCn1c(NC(=O)c2cn(-c3ccccc3)nc2-c2ccc(C)cc2C)nc2ccccc21. The average Bonchev–Trinajstić information content (AvgIpc) is 3.42. The number of para-hydroxylation sites is 3. The van der Waals surface area contributed by atoms with E-state index in [9.17, 15) is 4.79 Å². The zero-order chi connectivity index (χ0) is 23.7. The predicted molar refractivity (Wildman–Crippen MR) is 136 cm³/mol. The van der Waals surface area contributed by atoms with E-state index in [-0.39, 0.29) is 5.91 Å². The van der Waals surface area contributed by atoms with E-state index in [2.05, 4.69) is 29.8 Å². The second-order valence-corrected chi connectivity index (χ2v) is 8.52. The Kier molecular flexibility index (Phi) is 5.72. The molecule has 0 spiro atoms. The van der Waals surface area contributed by atoms with Crippen LogP contribution in [0.3, 0.4) is 0 Å². The average molecular weight is 450 g/mol. The summed E-state index contributed by atoms with van der Waals surface area (Å²) in [5.41, 5.74) is 7.10. The van der Waals surface area contributed by atoms with Crippen molar-refractivity contribution in [3.63, 3.8) is 0 Å². The number of carbonyl (C=O) groups is 1. The van der Waals surface area contributed by atoms with Crippen molar-refractivity contribution in [2.75, 3.05) is 5.32 Å². The fourth-order valence-corrected chi connectivity index (χ4v) is 4.32. The molecule has 1 amide bonds. The monoisotopic (exact) mass is 449 g/mol. The van der Waals surface area contributed by atoms with Crippen LogP contribution in [0.5, 0.6) is 0 Å². The molecule has 0 bridgehead atoms. The Morgan fingerprint density at radius 2 is 1.74 bits per heavy atom. The van der Waals surface area contributed by atoms with Gasteiger partial charge in [0.25, 0.3) is 5.91 Å². The van der Waals surface area contributed by atoms with Gasteiger partial charge in [-0.25, -0.2) is 9.67 Å². The smallest absolute Gasteiger partial charge is 0.261 e. The number of carbonyl (C=O) groups excluding carboxylic acids is 1. The number of imidazole rings is 1. The molecule has 0 aliphatic heterocycles. The number of amides is 1. The zero-order valence-corrected chi connectivity index (χ0v) is 19.6. The molecule has 1 N–H and O–H groups in total. The lowest BCUT2D eigenvalue weighted by atomic mass is 10.0. The fourth-order valence-electron chi connectivity index (χ4n) is 4.32. The van der Waals surface area contributed by atoms with Crippen LogP contribution in [0.2, 0.25) is 0 Å². The van der Waals surface area contributed by atoms with E-state index < -0.39 is 0 Å². The van der Waals surface area contributed by atoms with Crippen LogP contribution in [-0.2, 0) is 6.54 Å². The third-order valence-corrected chi connectivity index (χ3v) is 5.94. The summed E-state index contributed by atoms with van der Waals surface area (Å²) in [4.78, 5) is 18.3. The van der Waals surface area contributed by atoms with E-state index in [1.54, 1.807) is 10.9 Å². The van der Waals surface area contributed by atoms with Crippen LogP contribution in [0.1, 0.15) is 34.8 Å². The van der Waals surface area contributed by atoms with E-state index >= 15 is 0 Å². The van der Waals surface area contributed by atoms with Gasteiger partial charge in [-0.15, -0.1) is 0 Å². The first-order chi connectivity index (χ1) is 16.5. The van der Waals surface area contributed by atoms with E-state index in [1.165, 1.54) is 5.56 Å². The van der Waals surface area contributed by atoms with Crippen molar-refractivity contribution in [2.24, 2.45) is 0 Å². The molecule has 3 aromatic carbocycles. The van der Waals surface area contributed by atoms with Gasteiger partial charge in [-0.1, -0.05) is 61.0 Å². The maximum Gasteiger partial charge on any atom is 0.261 e. The van der Waals surface area contributed by atoms with Crippen LogP contribution in [-0.4, -0.2) is 25.2 Å². The van der Waals surface area contributed by atoms with Crippen molar-refractivity contribution in [2.45, 2.75) is 33.7 Å². The highest BCUT2D eigenvalue weighted by Crippen LogP contribution is 2.29. The molecule has 0 atom stereocenters. The van der Waals surface area contributed by atoms with Gasteiger partial charge in [0.1, 0.15) is 5.69 Å². The maximum absolute atomic E-state index is 13.6. The number of fused-ring (bicyclic) bond motifs is 1. The minimum absolute atomic E-state index is 0.232. The van der Waals surface area contributed by atoms with E-state index in [1.807, 2.05) is 73.7 Å². The van der Waals surface area contributed by atoms with Gasteiger partial charge in [0.15, 0.2) is 0 Å². The van der Waals surface area contributed by atoms with Crippen molar-refractivity contribution >= 4 is 22.9 Å². The van der Waals surface area contributed by atoms with Gasteiger partial charge in [-0.3, -0.25) is 10.1 Å². The summed E-state index contributed by atoms with van der Waals surface area (Å²) in [6, 6.07) is 24.0. The van der Waals surface area contributed by atoms with Crippen molar-refractivity contribution in [1.29, 1.82) is 0 Å². The first kappa shape index (κ1) is 21.6. The molecule has 0 fully saturated rings. The Hall–Kier alpha value is -4.19. The van der Waals surface area contributed by atoms with Gasteiger partial charge < -0.3 is 4.57 Å². The zero-order valence-electron chi connectivity index (χ0n) is 19.6. The summed E-state index contributed by atoms with van der Waals surface area (Å²) in [6.45, 7) is 6.99. The lowest BCUT2D eigenvalue weighted by molar-refractivity contribution is 0.102. The Labute approximate surface area is 198 Å². The standard InChI is InChI=1S/C28H27N5O/c1-4-16-32-25-13-9-8-12-24(25)29-28(32)30-27(34)23-18-33(21-10-6-5-7-11-21)31-26(23)22-15-14-19(2)17-20(22)3/h5-15,17-18H,4,16H2,1-3H3,(H,29,30,34). The van der Waals surface area contributed by atoms with Crippen LogP contribution in [0.15, 0.2) is 79.0 Å². The molecule has 0 aliphatic rings. The first-order valence-corrected chi connectivity index (χ1v) is 11.5. The maximum atomic E-state index is 13.6. The third kappa shape index (κ3) is 3.99. The van der Waals surface area contributed by atoms with Crippen molar-refractivity contribution in [3.8, 4) is 16.9 Å². The lowest BCUT2D eigenvalue weighted by Crippen LogP contribution is -2.16. The Morgan fingerprint density at radius 3 is 2.50 bits per heavy atom. The minimum Gasteiger partial charge on any atom is -0.310 e. The molecule has 34 heavy (non-hydrogen) atoms. The Bertz CT molecular complexity index is 1480. The van der Waals surface area contributed by atoms with E-state index in [0.29, 0.717) is 17.2 Å². The van der Waals surface area contributed by atoms with Gasteiger partial charge in [0.05, 0.1) is 22.3 Å². The molecule has 0 saturated carbocycles. The second-order valence-electron chi connectivity index (χ2n) is 8.52. The number of nitrogens with zero attached hydrogens (tertiary/aromatic N) is 4. The summed E-state index contributed by atoms with van der Waals surface area (Å²) < 4.78 is 3.82. The number of benzene rings is 3. The van der Waals surface area contributed by atoms with Gasteiger partial charge in [0.2, 0.25) is 5.95 Å². The molecule has 2 aromatic heterocycles. The lowest BCUT2D eigenvalue weighted by Gasteiger charge is -2.10. The van der Waals surface area contributed by atoms with Crippen LogP contribution < -0.4 is 5.32 Å². The molecule has 6 heteroatoms. The van der Waals surface area contributed by atoms with Crippen molar-refractivity contribution < 1.29 is 4.79 Å². The van der Waals surface area contributed by atoms with Crippen LogP contribution >= 0.6 is 0 Å². The highest BCUT2D eigenvalue weighted by atomic mass is 16.1. The number of rotatable bonds is 6. The quantitative estimate of drug-likeness (QED) is 0.337. The molecule has 2 heterocycles. The Balaban J connectivity index is 1.60. The van der Waals surface area contributed by atoms with Gasteiger partial charge in [0, 0.05) is 18.3 Å². The van der Waals surface area contributed by atoms with Gasteiger partial charge in [-0.05, 0) is 50.1 Å². The van der Waals surface area contributed by atoms with Crippen LogP contribution in [0, 0.1) is 13.8 Å². The molecule has 170 valence electrons. The van der Waals surface area contributed by atoms with Crippen LogP contribution in [0.4, 0.5) is 5.95 Å². The number of aryl methyl sites for hydroxylation is 3. The normalized spacial score (nSPS) is 11.1. The predicted octanol–water partition coefficient (Wildman–Crippen LogP) is 6.17. The largest absolute Gasteiger partial charge is 0.310 e. The number of anilines is 1. The van der Waals surface area contributed by atoms with E-state index in [0.717, 1.165) is 40.8 Å². The summed E-state index contributed by atoms with van der Waals surface area (Å²) >= 11 is 0. The number of hydrogen-bond acceptors (Lipinski definition) is 3. The third-order valence-electron chi connectivity index (χ3n) is 5.94. The van der Waals surface area contributed by atoms with Crippen LogP contribution in [0.25, 0.3) is 28.0 Å². The molecule has 0 aliphatic carbocycles. The number of nitrogens with one attached hydrogen (secondary N) is 1. The van der Waals surface area contributed by atoms with Gasteiger partial charge in [-0.2, -0.15) is 5.10 Å². The molecule has 5 rings (SSSR count). The van der Waals surface area contributed by atoms with Gasteiger partial charge >= 0.3 is 0 Å². The van der Waals surface area contributed by atoms with E-state index in [4.69, 9.17) is 10.1 Å². The summed E-state index contributed by atoms with van der Waals surface area (Å²) in [7, 11) is 0. The molecular formula is C28H27N5O. The Morgan fingerprint density at radius 1 is 0.971 bits per heavy atom. The summed E-state index contributed by atoms with van der Waals surface area (Å²) in [5, 5.41) is 7.90. The van der Waals surface area contributed by atoms with Crippen molar-refractivity contribution in [3.05, 3.63) is 95.7 Å². The highest BCUT2D eigenvalue weighted by molar-refractivity contribution is 6.08. The molecule has 0 saturated heterocycles. The summed E-state index contributed by atoms with van der Waals surface area (Å²) in [5.74, 6) is 0.317. The second kappa shape index (κ2) is 8.98. The molecule has 0 radical (unpaired) electrons. The molecule has 0 unspecified atom stereocenters. The van der Waals surface area contributed by atoms with Crippen molar-refractivity contribution in [1.82, 2.24) is 19.3 Å². The minimum atomic E-state index is -0.232. The topological polar surface area (TPSA) is 64.7 Å². The first-order valence-electron chi connectivity index (χ1n) is 11.5. The fraction of sp³-hybridized carbons (Fsp3) is 0.179.